The molecule has 2 aliphatic rings. The van der Waals surface area contributed by atoms with Gasteiger partial charge in [-0.15, -0.1) is 0 Å². The van der Waals surface area contributed by atoms with Crippen LogP contribution in [0, 0.1) is 5.92 Å². The van der Waals surface area contributed by atoms with Crippen LogP contribution in [0.3, 0.4) is 0 Å². The molecule has 0 unspecified atom stereocenters. The largest absolute Gasteiger partial charge is 0.491 e. The second-order valence-corrected chi connectivity index (χ2v) is 6.53. The number of rotatable bonds is 5. The van der Waals surface area contributed by atoms with Gasteiger partial charge in [0.15, 0.2) is 0 Å². The third-order valence-electron chi connectivity index (χ3n) is 4.74. The van der Waals surface area contributed by atoms with E-state index in [0.29, 0.717) is 30.9 Å². The van der Waals surface area contributed by atoms with E-state index >= 15 is 0 Å². The van der Waals surface area contributed by atoms with Crippen molar-refractivity contribution in [1.82, 2.24) is 4.90 Å². The number of aliphatic hydroxyl groups excluding tert-OH is 1. The van der Waals surface area contributed by atoms with Crippen LogP contribution in [-0.2, 0) is 4.74 Å². The molecular formula is C17H24ClNO3. The quantitative estimate of drug-likeness (QED) is 0.903. The van der Waals surface area contributed by atoms with Crippen molar-refractivity contribution in [2.24, 2.45) is 5.92 Å². The number of nitrogens with zero attached hydrogens (tertiary/aromatic N) is 1. The number of para-hydroxylation sites is 1. The van der Waals surface area contributed by atoms with Crippen molar-refractivity contribution in [3.63, 3.8) is 0 Å². The second kappa shape index (κ2) is 7.64. The normalized spacial score (nSPS) is 29.6. The Kier molecular flexibility index (Phi) is 5.58. The molecular weight excluding hydrogens is 302 g/mol. The van der Waals surface area contributed by atoms with Gasteiger partial charge in [0.25, 0.3) is 0 Å². The Balaban J connectivity index is 1.52. The average molecular weight is 326 g/mol. The molecule has 1 aromatic rings. The van der Waals surface area contributed by atoms with Crippen LogP contribution in [0.1, 0.15) is 19.3 Å². The minimum atomic E-state index is -0.233. The van der Waals surface area contributed by atoms with E-state index in [9.17, 15) is 5.11 Å². The van der Waals surface area contributed by atoms with Crippen LogP contribution in [0.2, 0.25) is 5.02 Å². The summed E-state index contributed by atoms with van der Waals surface area (Å²) in [6.45, 7) is 3.90. The second-order valence-electron chi connectivity index (χ2n) is 6.12. The fourth-order valence-corrected chi connectivity index (χ4v) is 3.76. The molecule has 22 heavy (non-hydrogen) atoms. The minimum Gasteiger partial charge on any atom is -0.491 e. The number of hydrogen-bond acceptors (Lipinski definition) is 4. The van der Waals surface area contributed by atoms with Crippen LogP contribution < -0.4 is 4.74 Å². The Bertz CT molecular complexity index is 485. The highest BCUT2D eigenvalue weighted by Gasteiger charge is 2.37. The van der Waals surface area contributed by atoms with Crippen molar-refractivity contribution in [2.75, 3.05) is 32.9 Å². The van der Waals surface area contributed by atoms with Crippen molar-refractivity contribution in [2.45, 2.75) is 31.4 Å². The van der Waals surface area contributed by atoms with Gasteiger partial charge in [-0.3, -0.25) is 4.90 Å². The van der Waals surface area contributed by atoms with E-state index in [1.165, 1.54) is 6.42 Å². The Morgan fingerprint density at radius 1 is 1.32 bits per heavy atom. The Morgan fingerprint density at radius 2 is 2.18 bits per heavy atom. The number of halogens is 1. The van der Waals surface area contributed by atoms with Crippen molar-refractivity contribution < 1.29 is 14.6 Å². The monoisotopic (exact) mass is 325 g/mol. The van der Waals surface area contributed by atoms with Gasteiger partial charge in [0.1, 0.15) is 12.4 Å². The topological polar surface area (TPSA) is 41.9 Å². The third kappa shape index (κ3) is 3.74. The van der Waals surface area contributed by atoms with Gasteiger partial charge in [-0.25, -0.2) is 0 Å². The van der Waals surface area contributed by atoms with Crippen LogP contribution in [0.15, 0.2) is 24.3 Å². The lowest BCUT2D eigenvalue weighted by Crippen LogP contribution is -2.47. The molecule has 0 aliphatic carbocycles. The minimum absolute atomic E-state index is 0.233. The van der Waals surface area contributed by atoms with Crippen LogP contribution >= 0.6 is 11.6 Å². The van der Waals surface area contributed by atoms with Gasteiger partial charge in [0, 0.05) is 25.1 Å². The van der Waals surface area contributed by atoms with Crippen LogP contribution in [0.25, 0.3) is 0 Å². The molecule has 3 rings (SSSR count). The van der Waals surface area contributed by atoms with Gasteiger partial charge in [0.2, 0.25) is 0 Å². The lowest BCUT2D eigenvalue weighted by Gasteiger charge is -2.37. The van der Waals surface area contributed by atoms with Gasteiger partial charge < -0.3 is 14.6 Å². The predicted molar refractivity (Wildman–Crippen MR) is 86.5 cm³/mol. The zero-order valence-corrected chi connectivity index (χ0v) is 13.5. The first-order valence-electron chi connectivity index (χ1n) is 8.13. The Labute approximate surface area is 137 Å². The number of ether oxygens (including phenoxy) is 2. The molecule has 0 radical (unpaired) electrons. The van der Waals surface area contributed by atoms with Gasteiger partial charge >= 0.3 is 0 Å². The number of benzene rings is 1. The van der Waals surface area contributed by atoms with Crippen molar-refractivity contribution >= 4 is 11.6 Å². The summed E-state index contributed by atoms with van der Waals surface area (Å²) in [7, 11) is 0. The molecule has 1 N–H and O–H groups in total. The maximum Gasteiger partial charge on any atom is 0.137 e. The maximum atomic E-state index is 10.2. The fraction of sp³-hybridized carbons (Fsp3) is 0.647. The summed E-state index contributed by atoms with van der Waals surface area (Å²) in [6.07, 6.45) is 2.84. The third-order valence-corrected chi connectivity index (χ3v) is 5.06. The van der Waals surface area contributed by atoms with Crippen molar-refractivity contribution in [3.05, 3.63) is 29.3 Å². The van der Waals surface area contributed by atoms with E-state index in [-0.39, 0.29) is 12.0 Å². The van der Waals surface area contributed by atoms with Crippen LogP contribution in [-0.4, -0.2) is 55.1 Å². The highest BCUT2D eigenvalue weighted by atomic mass is 35.5. The number of aliphatic hydroxyl groups is 1. The van der Waals surface area contributed by atoms with Crippen LogP contribution in [0.5, 0.6) is 5.75 Å². The summed E-state index contributed by atoms with van der Waals surface area (Å²) in [5.41, 5.74) is 0. The molecule has 1 aromatic carbocycles. The Morgan fingerprint density at radius 3 is 3.00 bits per heavy atom. The van der Waals surface area contributed by atoms with Gasteiger partial charge in [-0.05, 0) is 37.9 Å². The standard InChI is InChI=1S/C17H24ClNO3/c18-14-4-1-2-6-17(14)22-11-9-19-8-3-5-15(19)13-12-21-10-7-16(13)20/h1-2,4,6,13,15-16,20H,3,5,7-12H2/t13-,15-,16+/m0/s1. The molecule has 0 saturated carbocycles. The zero-order valence-electron chi connectivity index (χ0n) is 12.8. The molecule has 2 fully saturated rings. The molecule has 2 aliphatic heterocycles. The number of likely N-dealkylation sites (tertiary alicyclic amines) is 1. The summed E-state index contributed by atoms with van der Waals surface area (Å²) in [5.74, 6) is 0.970. The first-order valence-corrected chi connectivity index (χ1v) is 8.50. The molecule has 0 amide bonds. The summed E-state index contributed by atoms with van der Waals surface area (Å²) in [6, 6.07) is 7.96. The van der Waals surface area contributed by atoms with E-state index in [1.807, 2.05) is 24.3 Å². The van der Waals surface area contributed by atoms with E-state index in [4.69, 9.17) is 21.1 Å². The predicted octanol–water partition coefficient (Wildman–Crippen LogP) is 2.58. The molecule has 0 bridgehead atoms. The molecule has 0 spiro atoms. The smallest absolute Gasteiger partial charge is 0.137 e. The first-order chi connectivity index (χ1) is 10.8. The molecule has 2 heterocycles. The Hall–Kier alpha value is -0.810. The van der Waals surface area contributed by atoms with Gasteiger partial charge in [-0.1, -0.05) is 23.7 Å². The van der Waals surface area contributed by atoms with E-state index in [2.05, 4.69) is 4.90 Å². The maximum absolute atomic E-state index is 10.2. The van der Waals surface area contributed by atoms with E-state index < -0.39 is 0 Å². The van der Waals surface area contributed by atoms with Gasteiger partial charge in [0.05, 0.1) is 17.7 Å². The summed E-state index contributed by atoms with van der Waals surface area (Å²) < 4.78 is 11.4. The summed E-state index contributed by atoms with van der Waals surface area (Å²) >= 11 is 6.10. The zero-order chi connectivity index (χ0) is 15.4. The fourth-order valence-electron chi connectivity index (χ4n) is 3.57. The molecule has 4 nitrogen and oxygen atoms in total. The van der Waals surface area contributed by atoms with Crippen LogP contribution in [0.4, 0.5) is 0 Å². The summed E-state index contributed by atoms with van der Waals surface area (Å²) in [5, 5.41) is 10.9. The molecule has 5 heteroatoms. The first kappa shape index (κ1) is 16.1. The average Bonchev–Trinajstić information content (AvgIpc) is 2.98. The lowest BCUT2D eigenvalue weighted by molar-refractivity contribution is -0.0634. The molecule has 2 saturated heterocycles. The van der Waals surface area contributed by atoms with Crippen molar-refractivity contribution in [1.29, 1.82) is 0 Å². The summed E-state index contributed by atoms with van der Waals surface area (Å²) in [4.78, 5) is 2.43. The molecule has 3 atom stereocenters. The SMILES string of the molecule is O[C@@H]1CCOC[C@H]1[C@@H]1CCCN1CCOc1ccccc1Cl. The molecule has 122 valence electrons. The highest BCUT2D eigenvalue weighted by molar-refractivity contribution is 6.32. The van der Waals surface area contributed by atoms with E-state index in [0.717, 1.165) is 31.7 Å². The number of hydrogen-bond donors (Lipinski definition) is 1. The lowest BCUT2D eigenvalue weighted by atomic mass is 9.89. The molecule has 0 aromatic heterocycles. The highest BCUT2D eigenvalue weighted by Crippen LogP contribution is 2.30. The van der Waals surface area contributed by atoms with Gasteiger partial charge in [-0.2, -0.15) is 0 Å². The van der Waals surface area contributed by atoms with Crippen molar-refractivity contribution in [3.8, 4) is 5.75 Å². The van der Waals surface area contributed by atoms with E-state index in [1.54, 1.807) is 0 Å².